The average Bonchev–Trinajstić information content (AvgIpc) is 2.06. The van der Waals surface area contributed by atoms with E-state index in [9.17, 15) is 8.42 Å². The molecule has 0 saturated carbocycles. The quantitative estimate of drug-likeness (QED) is 0.766. The zero-order valence-corrected chi connectivity index (χ0v) is 9.39. The molecule has 0 unspecified atom stereocenters. The van der Waals surface area contributed by atoms with E-state index in [1.165, 1.54) is 6.26 Å². The summed E-state index contributed by atoms with van der Waals surface area (Å²) in [6.45, 7) is 1.88. The molecule has 0 spiro atoms. The SMILES string of the molecule is COc1cccc(C)c1CS(C)(=O)=O. The Morgan fingerprint density at radius 3 is 2.50 bits per heavy atom. The highest BCUT2D eigenvalue weighted by molar-refractivity contribution is 7.89. The molecule has 0 heterocycles. The Bertz CT molecular complexity index is 421. The number of rotatable bonds is 3. The van der Waals surface area contributed by atoms with Crippen LogP contribution in [0.2, 0.25) is 0 Å². The van der Waals surface area contributed by atoms with Gasteiger partial charge in [-0.1, -0.05) is 12.1 Å². The van der Waals surface area contributed by atoms with Gasteiger partial charge in [0.15, 0.2) is 9.84 Å². The molecule has 0 atom stereocenters. The van der Waals surface area contributed by atoms with E-state index >= 15 is 0 Å². The van der Waals surface area contributed by atoms with Gasteiger partial charge in [-0.05, 0) is 18.6 Å². The molecule has 0 saturated heterocycles. The fraction of sp³-hybridized carbons (Fsp3) is 0.400. The van der Waals surface area contributed by atoms with Crippen molar-refractivity contribution in [2.45, 2.75) is 12.7 Å². The number of aryl methyl sites for hydroxylation is 1. The van der Waals surface area contributed by atoms with Gasteiger partial charge < -0.3 is 4.74 Å². The monoisotopic (exact) mass is 214 g/mol. The summed E-state index contributed by atoms with van der Waals surface area (Å²) in [5, 5.41) is 0. The molecule has 0 bridgehead atoms. The van der Waals surface area contributed by atoms with Gasteiger partial charge in [-0.2, -0.15) is 0 Å². The second-order valence-electron chi connectivity index (χ2n) is 3.33. The molecule has 0 aliphatic heterocycles. The summed E-state index contributed by atoms with van der Waals surface area (Å²) >= 11 is 0. The summed E-state index contributed by atoms with van der Waals surface area (Å²) in [5.41, 5.74) is 1.69. The van der Waals surface area contributed by atoms with Crippen LogP contribution < -0.4 is 4.74 Å². The van der Waals surface area contributed by atoms with Gasteiger partial charge in [-0.15, -0.1) is 0 Å². The van der Waals surface area contributed by atoms with E-state index in [4.69, 9.17) is 4.74 Å². The summed E-state index contributed by atoms with van der Waals surface area (Å²) in [6, 6.07) is 5.50. The fourth-order valence-corrected chi connectivity index (χ4v) is 2.21. The van der Waals surface area contributed by atoms with E-state index in [0.29, 0.717) is 5.75 Å². The molecule has 0 amide bonds. The van der Waals surface area contributed by atoms with E-state index in [-0.39, 0.29) is 5.75 Å². The molecule has 1 rings (SSSR count). The Morgan fingerprint density at radius 1 is 1.36 bits per heavy atom. The zero-order chi connectivity index (χ0) is 10.8. The highest BCUT2D eigenvalue weighted by atomic mass is 32.2. The van der Waals surface area contributed by atoms with Crippen LogP contribution in [0.15, 0.2) is 18.2 Å². The van der Waals surface area contributed by atoms with E-state index < -0.39 is 9.84 Å². The molecule has 14 heavy (non-hydrogen) atoms. The van der Waals surface area contributed by atoms with Crippen LogP contribution in [-0.2, 0) is 15.6 Å². The third kappa shape index (κ3) is 2.73. The van der Waals surface area contributed by atoms with Crippen molar-refractivity contribution in [2.75, 3.05) is 13.4 Å². The van der Waals surface area contributed by atoms with Crippen LogP contribution in [0.3, 0.4) is 0 Å². The molecular formula is C10H14O3S. The van der Waals surface area contributed by atoms with Crippen molar-refractivity contribution in [3.63, 3.8) is 0 Å². The standard InChI is InChI=1S/C10H14O3S/c1-8-5-4-6-10(13-2)9(8)7-14(3,11)12/h4-6H,7H2,1-3H3. The van der Waals surface area contributed by atoms with Crippen molar-refractivity contribution in [3.05, 3.63) is 29.3 Å². The Kier molecular flexibility index (Phi) is 3.16. The van der Waals surface area contributed by atoms with Gasteiger partial charge in [0.05, 0.1) is 12.9 Å². The largest absolute Gasteiger partial charge is 0.496 e. The van der Waals surface area contributed by atoms with Crippen LogP contribution in [0.4, 0.5) is 0 Å². The minimum Gasteiger partial charge on any atom is -0.496 e. The Morgan fingerprint density at radius 2 is 2.00 bits per heavy atom. The molecular weight excluding hydrogens is 200 g/mol. The minimum atomic E-state index is -3.01. The van der Waals surface area contributed by atoms with Crippen LogP contribution in [0, 0.1) is 6.92 Å². The lowest BCUT2D eigenvalue weighted by Crippen LogP contribution is -2.04. The lowest BCUT2D eigenvalue weighted by atomic mass is 10.1. The van der Waals surface area contributed by atoms with Gasteiger partial charge in [0.1, 0.15) is 5.75 Å². The van der Waals surface area contributed by atoms with Gasteiger partial charge in [-0.25, -0.2) is 8.42 Å². The second kappa shape index (κ2) is 4.00. The lowest BCUT2D eigenvalue weighted by molar-refractivity contribution is 0.410. The number of hydrogen-bond donors (Lipinski definition) is 0. The minimum absolute atomic E-state index is 0.0306. The molecule has 0 aliphatic carbocycles. The van der Waals surface area contributed by atoms with E-state index in [2.05, 4.69) is 0 Å². The maximum Gasteiger partial charge on any atom is 0.151 e. The molecule has 0 aliphatic rings. The number of ether oxygens (including phenoxy) is 1. The first-order valence-corrected chi connectivity index (χ1v) is 6.30. The Hall–Kier alpha value is -1.03. The fourth-order valence-electron chi connectivity index (χ4n) is 1.31. The Balaban J connectivity index is 3.18. The van der Waals surface area contributed by atoms with Crippen molar-refractivity contribution in [3.8, 4) is 5.75 Å². The molecule has 0 radical (unpaired) electrons. The first kappa shape index (κ1) is 11.0. The number of sulfone groups is 1. The normalized spacial score (nSPS) is 11.4. The molecule has 1 aromatic carbocycles. The summed E-state index contributed by atoms with van der Waals surface area (Å²) in [6.07, 6.45) is 1.22. The van der Waals surface area contributed by atoms with Crippen LogP contribution in [-0.4, -0.2) is 21.8 Å². The van der Waals surface area contributed by atoms with Crippen molar-refractivity contribution >= 4 is 9.84 Å². The zero-order valence-electron chi connectivity index (χ0n) is 8.57. The third-order valence-corrected chi connectivity index (χ3v) is 2.81. The molecule has 0 N–H and O–H groups in total. The van der Waals surface area contributed by atoms with Crippen LogP contribution >= 0.6 is 0 Å². The van der Waals surface area contributed by atoms with Crippen LogP contribution in [0.1, 0.15) is 11.1 Å². The molecule has 3 nitrogen and oxygen atoms in total. The summed E-state index contributed by atoms with van der Waals surface area (Å²) < 4.78 is 27.4. The maximum atomic E-state index is 11.2. The first-order chi connectivity index (χ1) is 6.44. The molecule has 0 fully saturated rings. The maximum absolute atomic E-state index is 11.2. The predicted molar refractivity (Wildman–Crippen MR) is 56.3 cm³/mol. The highest BCUT2D eigenvalue weighted by Gasteiger charge is 2.11. The predicted octanol–water partition coefficient (Wildman–Crippen LogP) is 1.55. The van der Waals surface area contributed by atoms with Crippen molar-refractivity contribution in [1.29, 1.82) is 0 Å². The van der Waals surface area contributed by atoms with Crippen LogP contribution in [0.5, 0.6) is 5.75 Å². The molecule has 0 aromatic heterocycles. The van der Waals surface area contributed by atoms with E-state index in [1.807, 2.05) is 19.1 Å². The van der Waals surface area contributed by atoms with Crippen molar-refractivity contribution in [2.24, 2.45) is 0 Å². The van der Waals surface area contributed by atoms with Crippen molar-refractivity contribution in [1.82, 2.24) is 0 Å². The van der Waals surface area contributed by atoms with Gasteiger partial charge in [-0.3, -0.25) is 0 Å². The summed E-state index contributed by atoms with van der Waals surface area (Å²) in [4.78, 5) is 0. The van der Waals surface area contributed by atoms with Crippen LogP contribution in [0.25, 0.3) is 0 Å². The molecule has 1 aromatic rings. The number of benzene rings is 1. The average molecular weight is 214 g/mol. The van der Waals surface area contributed by atoms with Gasteiger partial charge in [0, 0.05) is 11.8 Å². The number of hydrogen-bond acceptors (Lipinski definition) is 3. The van der Waals surface area contributed by atoms with E-state index in [0.717, 1.165) is 11.1 Å². The van der Waals surface area contributed by atoms with E-state index in [1.54, 1.807) is 13.2 Å². The van der Waals surface area contributed by atoms with Gasteiger partial charge >= 0.3 is 0 Å². The van der Waals surface area contributed by atoms with Gasteiger partial charge in [0.25, 0.3) is 0 Å². The second-order valence-corrected chi connectivity index (χ2v) is 5.47. The third-order valence-electron chi connectivity index (χ3n) is 1.99. The summed E-state index contributed by atoms with van der Waals surface area (Å²) in [7, 11) is -1.47. The molecule has 78 valence electrons. The van der Waals surface area contributed by atoms with Gasteiger partial charge in [0.2, 0.25) is 0 Å². The lowest BCUT2D eigenvalue weighted by Gasteiger charge is -2.09. The van der Waals surface area contributed by atoms with Crippen molar-refractivity contribution < 1.29 is 13.2 Å². The topological polar surface area (TPSA) is 43.4 Å². The summed E-state index contributed by atoms with van der Waals surface area (Å²) in [5.74, 6) is 0.665. The molecule has 4 heteroatoms. The number of methoxy groups -OCH3 is 1. The Labute approximate surface area is 84.6 Å². The smallest absolute Gasteiger partial charge is 0.151 e. The highest BCUT2D eigenvalue weighted by Crippen LogP contribution is 2.23. The first-order valence-electron chi connectivity index (χ1n) is 4.24.